The van der Waals surface area contributed by atoms with E-state index in [4.69, 9.17) is 0 Å². The Morgan fingerprint density at radius 1 is 1.08 bits per heavy atom. The van der Waals surface area contributed by atoms with E-state index in [1.54, 1.807) is 24.3 Å². The quantitative estimate of drug-likeness (QED) is 0.783. The Morgan fingerprint density at radius 2 is 1.62 bits per heavy atom. The van der Waals surface area contributed by atoms with Gasteiger partial charge in [0.2, 0.25) is 0 Å². The number of imide groups is 1. The first-order chi connectivity index (χ1) is 11.5. The van der Waals surface area contributed by atoms with E-state index >= 15 is 0 Å². The third-order valence-corrected chi connectivity index (χ3v) is 5.65. The van der Waals surface area contributed by atoms with Crippen molar-refractivity contribution in [2.45, 2.75) is 38.6 Å². The van der Waals surface area contributed by atoms with Crippen molar-refractivity contribution in [1.29, 1.82) is 0 Å². The van der Waals surface area contributed by atoms with Crippen molar-refractivity contribution in [3.05, 3.63) is 35.4 Å². The molecule has 0 aromatic heterocycles. The lowest BCUT2D eigenvalue weighted by Crippen LogP contribution is -2.36. The van der Waals surface area contributed by atoms with Gasteiger partial charge in [-0.1, -0.05) is 12.1 Å². The number of hydrogen-bond acceptors (Lipinski definition) is 5. The zero-order chi connectivity index (χ0) is 17.3. The predicted octanol–water partition coefficient (Wildman–Crippen LogP) is 2.54. The summed E-state index contributed by atoms with van der Waals surface area (Å²) in [7, 11) is -2.36. The van der Waals surface area contributed by atoms with E-state index in [0.717, 1.165) is 25.7 Å². The van der Waals surface area contributed by atoms with Gasteiger partial charge in [0, 0.05) is 6.54 Å². The molecule has 1 heterocycles. The lowest BCUT2D eigenvalue weighted by atomic mass is 9.79. The highest BCUT2D eigenvalue weighted by atomic mass is 32.2. The van der Waals surface area contributed by atoms with Gasteiger partial charge in [0.25, 0.3) is 11.8 Å². The minimum Gasteiger partial charge on any atom is -0.274 e. The molecule has 0 radical (unpaired) electrons. The van der Waals surface area contributed by atoms with Crippen LogP contribution in [-0.2, 0) is 10.5 Å². The van der Waals surface area contributed by atoms with Crippen LogP contribution in [0.3, 0.4) is 0 Å². The molecule has 1 aliphatic carbocycles. The van der Waals surface area contributed by atoms with Gasteiger partial charge in [-0.15, -0.1) is 0 Å². The molecule has 1 unspecified atom stereocenters. The van der Waals surface area contributed by atoms with Gasteiger partial charge in [0.05, 0.1) is 17.2 Å². The average molecular weight is 348 g/mol. The summed E-state index contributed by atoms with van der Waals surface area (Å²) in [6, 6.07) is 6.72. The van der Waals surface area contributed by atoms with Gasteiger partial charge in [-0.25, -0.2) is 0 Å². The van der Waals surface area contributed by atoms with Gasteiger partial charge >= 0.3 is 10.5 Å². The Balaban J connectivity index is 1.61. The van der Waals surface area contributed by atoms with Gasteiger partial charge < -0.3 is 0 Å². The fourth-order valence-corrected chi connectivity index (χ4v) is 4.18. The van der Waals surface area contributed by atoms with Crippen molar-refractivity contribution in [3.63, 3.8) is 0 Å². The molecule has 1 atom stereocenters. The van der Waals surface area contributed by atoms with E-state index < -0.39 is 10.5 Å². The van der Waals surface area contributed by atoms with E-state index in [1.165, 1.54) is 4.90 Å². The number of carbonyl (C=O) groups excluding carboxylic acids is 2. The number of benzene rings is 1. The van der Waals surface area contributed by atoms with E-state index in [1.807, 2.05) is 6.92 Å². The normalized spacial score (nSPS) is 24.6. The van der Waals surface area contributed by atoms with Crippen LogP contribution in [0.4, 0.5) is 0 Å². The Labute approximate surface area is 142 Å². The maximum absolute atomic E-state index is 12.4. The zero-order valence-electron chi connectivity index (χ0n) is 13.5. The molecular weight excluding hydrogens is 328 g/mol. The standard InChI is InChI=1S/C17H20N2O4S/c1-11(18-24(22)23)13-8-6-12(7-9-13)10-19-16(20)14-4-2-3-5-15(14)17(19)21/h2-5,11-13H,6-10H2,1H3. The minimum atomic E-state index is -2.36. The van der Waals surface area contributed by atoms with Crippen LogP contribution in [0.2, 0.25) is 0 Å². The van der Waals surface area contributed by atoms with E-state index in [-0.39, 0.29) is 29.7 Å². The lowest BCUT2D eigenvalue weighted by Gasteiger charge is -2.31. The Morgan fingerprint density at radius 3 is 2.12 bits per heavy atom. The van der Waals surface area contributed by atoms with Crippen LogP contribution in [0, 0.1) is 11.8 Å². The second-order valence-electron chi connectivity index (χ2n) is 6.61. The maximum Gasteiger partial charge on any atom is 0.311 e. The van der Waals surface area contributed by atoms with Gasteiger partial charge in [-0.05, 0) is 56.6 Å². The van der Waals surface area contributed by atoms with Gasteiger partial charge in [-0.3, -0.25) is 14.5 Å². The van der Waals surface area contributed by atoms with Gasteiger partial charge in [-0.2, -0.15) is 12.8 Å². The molecule has 7 heteroatoms. The molecule has 1 aromatic carbocycles. The smallest absolute Gasteiger partial charge is 0.274 e. The second kappa shape index (κ2) is 6.84. The summed E-state index contributed by atoms with van der Waals surface area (Å²) >= 11 is 0. The van der Waals surface area contributed by atoms with Crippen molar-refractivity contribution in [2.75, 3.05) is 6.54 Å². The summed E-state index contributed by atoms with van der Waals surface area (Å²) in [5.74, 6) is 0.112. The highest BCUT2D eigenvalue weighted by molar-refractivity contribution is 7.61. The first-order valence-corrected chi connectivity index (χ1v) is 9.26. The zero-order valence-corrected chi connectivity index (χ0v) is 14.3. The highest BCUT2D eigenvalue weighted by Gasteiger charge is 2.37. The molecule has 3 rings (SSSR count). The van der Waals surface area contributed by atoms with Crippen LogP contribution >= 0.6 is 0 Å². The molecule has 1 aromatic rings. The highest BCUT2D eigenvalue weighted by Crippen LogP contribution is 2.34. The molecule has 0 bridgehead atoms. The van der Waals surface area contributed by atoms with E-state index in [9.17, 15) is 18.0 Å². The largest absolute Gasteiger partial charge is 0.311 e. The molecule has 128 valence electrons. The van der Waals surface area contributed by atoms with Crippen molar-refractivity contribution < 1.29 is 18.0 Å². The molecule has 6 nitrogen and oxygen atoms in total. The van der Waals surface area contributed by atoms with Crippen LogP contribution in [0.25, 0.3) is 0 Å². The van der Waals surface area contributed by atoms with Crippen molar-refractivity contribution in [2.24, 2.45) is 16.2 Å². The molecule has 0 saturated heterocycles. The fourth-order valence-electron chi connectivity index (χ4n) is 3.74. The second-order valence-corrected chi connectivity index (χ2v) is 7.26. The number of nitrogens with zero attached hydrogens (tertiary/aromatic N) is 2. The molecule has 2 amide bonds. The first kappa shape index (κ1) is 16.8. The topological polar surface area (TPSA) is 83.9 Å². The van der Waals surface area contributed by atoms with Crippen LogP contribution in [0.5, 0.6) is 0 Å². The monoisotopic (exact) mass is 348 g/mol. The summed E-state index contributed by atoms with van der Waals surface area (Å²) in [5.41, 5.74) is 0.975. The van der Waals surface area contributed by atoms with Crippen LogP contribution in [-0.4, -0.2) is 37.7 Å². The van der Waals surface area contributed by atoms with Crippen molar-refractivity contribution >= 4 is 22.3 Å². The average Bonchev–Trinajstić information content (AvgIpc) is 2.80. The molecule has 1 aliphatic heterocycles. The first-order valence-electron chi connectivity index (χ1n) is 8.23. The SMILES string of the molecule is CC(N=S(=O)=O)C1CCC(CN2C(=O)c3ccccc3C2=O)CC1. The molecule has 1 fully saturated rings. The van der Waals surface area contributed by atoms with E-state index in [0.29, 0.717) is 17.7 Å². The third-order valence-electron chi connectivity index (χ3n) is 5.14. The molecule has 0 spiro atoms. The fraction of sp³-hybridized carbons (Fsp3) is 0.529. The van der Waals surface area contributed by atoms with Crippen molar-refractivity contribution in [1.82, 2.24) is 4.90 Å². The van der Waals surface area contributed by atoms with Crippen molar-refractivity contribution in [3.8, 4) is 0 Å². The maximum atomic E-state index is 12.4. The van der Waals surface area contributed by atoms with Gasteiger partial charge in [0.1, 0.15) is 0 Å². The molecule has 2 aliphatic rings. The summed E-state index contributed by atoms with van der Waals surface area (Å²) < 4.78 is 25.0. The number of carbonyl (C=O) groups is 2. The molecule has 0 N–H and O–H groups in total. The summed E-state index contributed by atoms with van der Waals surface area (Å²) in [5, 5.41) is 0. The molecule has 1 saturated carbocycles. The molecular formula is C17H20N2O4S. The summed E-state index contributed by atoms with van der Waals surface area (Å²) in [6.45, 7) is 2.27. The summed E-state index contributed by atoms with van der Waals surface area (Å²) in [4.78, 5) is 26.1. The molecule has 24 heavy (non-hydrogen) atoms. The van der Waals surface area contributed by atoms with E-state index in [2.05, 4.69) is 4.36 Å². The lowest BCUT2D eigenvalue weighted by molar-refractivity contribution is 0.0608. The third kappa shape index (κ3) is 3.26. The minimum absolute atomic E-state index is 0.205. The number of rotatable bonds is 4. The number of hydrogen-bond donors (Lipinski definition) is 0. The number of fused-ring (bicyclic) bond motifs is 1. The Bertz CT molecular complexity index is 752. The Hall–Kier alpha value is -2.02. The summed E-state index contributed by atoms with van der Waals surface area (Å²) in [6.07, 6.45) is 3.50. The predicted molar refractivity (Wildman–Crippen MR) is 88.1 cm³/mol. The van der Waals surface area contributed by atoms with Crippen LogP contribution in [0.1, 0.15) is 53.3 Å². The Kier molecular flexibility index (Phi) is 4.80. The number of amides is 2. The van der Waals surface area contributed by atoms with Crippen LogP contribution < -0.4 is 0 Å². The van der Waals surface area contributed by atoms with Gasteiger partial charge in [0.15, 0.2) is 0 Å². The van der Waals surface area contributed by atoms with Crippen LogP contribution in [0.15, 0.2) is 28.6 Å².